The van der Waals surface area contributed by atoms with E-state index in [0.717, 1.165) is 0 Å². The summed E-state index contributed by atoms with van der Waals surface area (Å²) in [6, 6.07) is 20.4. The van der Waals surface area contributed by atoms with E-state index in [1.54, 1.807) is 0 Å². The lowest BCUT2D eigenvalue weighted by atomic mass is 9.86. The maximum Gasteiger partial charge on any atom is -0.00210 e. The molecule has 0 aliphatic heterocycles. The van der Waals surface area contributed by atoms with Crippen molar-refractivity contribution in [2.24, 2.45) is 0 Å². The van der Waals surface area contributed by atoms with Crippen LogP contribution in [0.3, 0.4) is 0 Å². The molecule has 23 heavy (non-hydrogen) atoms. The highest BCUT2D eigenvalue weighted by Crippen LogP contribution is 2.42. The molecule has 110 valence electrons. The van der Waals surface area contributed by atoms with Crippen LogP contribution in [0.1, 0.15) is 16.7 Å². The zero-order valence-electron chi connectivity index (χ0n) is 13.7. The number of benzene rings is 5. The third-order valence-electron chi connectivity index (χ3n) is 5.42. The third-order valence-corrected chi connectivity index (χ3v) is 5.42. The van der Waals surface area contributed by atoms with E-state index >= 15 is 0 Å². The molecular formula is C23H18. The van der Waals surface area contributed by atoms with Crippen LogP contribution in [0.4, 0.5) is 0 Å². The molecule has 0 aliphatic rings. The summed E-state index contributed by atoms with van der Waals surface area (Å²) in [4.78, 5) is 0. The van der Waals surface area contributed by atoms with Crippen molar-refractivity contribution in [1.29, 1.82) is 0 Å². The summed E-state index contributed by atoms with van der Waals surface area (Å²) in [5, 5.41) is 11.2. The van der Waals surface area contributed by atoms with E-state index in [1.165, 1.54) is 59.8 Å². The summed E-state index contributed by atoms with van der Waals surface area (Å²) in [6.45, 7) is 6.65. The second-order valence-corrected chi connectivity index (χ2v) is 6.77. The predicted molar refractivity (Wildman–Crippen MR) is 102 cm³/mol. The van der Waals surface area contributed by atoms with Gasteiger partial charge in [0.05, 0.1) is 0 Å². The molecule has 0 heteroatoms. The van der Waals surface area contributed by atoms with Gasteiger partial charge in [0.2, 0.25) is 0 Å². The zero-order chi connectivity index (χ0) is 15.7. The first-order valence-corrected chi connectivity index (χ1v) is 8.23. The Balaban J connectivity index is 2.27. The largest absolute Gasteiger partial charge is 0.0610 e. The number of hydrogen-bond acceptors (Lipinski definition) is 0. The molecule has 0 aromatic heterocycles. The van der Waals surface area contributed by atoms with Gasteiger partial charge in [-0.15, -0.1) is 0 Å². The molecule has 5 aromatic carbocycles. The molecule has 0 nitrogen and oxygen atoms in total. The topological polar surface area (TPSA) is 0 Å². The molecule has 0 spiro atoms. The van der Waals surface area contributed by atoms with Crippen LogP contribution in [0.25, 0.3) is 43.1 Å². The molecule has 0 aliphatic carbocycles. The van der Waals surface area contributed by atoms with Crippen molar-refractivity contribution in [2.45, 2.75) is 20.8 Å². The smallest absolute Gasteiger partial charge is 0.00210 e. The summed E-state index contributed by atoms with van der Waals surface area (Å²) >= 11 is 0. The minimum absolute atomic E-state index is 1.35. The molecule has 5 rings (SSSR count). The fourth-order valence-electron chi connectivity index (χ4n) is 4.32. The fraction of sp³-hybridized carbons (Fsp3) is 0.130. The standard InChI is InChI=1S/C23H18/c1-13-7-10-18-20-12-9-15(3)21-14(2)8-11-19(23(20)21)17-6-4-5-16(13)22(17)18/h4-12H,1-3H3. The van der Waals surface area contributed by atoms with Gasteiger partial charge < -0.3 is 0 Å². The predicted octanol–water partition coefficient (Wildman–Crippen LogP) is 6.66. The molecule has 0 bridgehead atoms. The third kappa shape index (κ3) is 1.51. The number of hydrogen-bond donors (Lipinski definition) is 0. The first-order chi connectivity index (χ1) is 11.2. The maximum atomic E-state index is 2.31. The summed E-state index contributed by atoms with van der Waals surface area (Å²) in [5.74, 6) is 0. The van der Waals surface area contributed by atoms with E-state index in [0.29, 0.717) is 0 Å². The Hall–Kier alpha value is -2.60. The summed E-state index contributed by atoms with van der Waals surface area (Å²) < 4.78 is 0. The lowest BCUT2D eigenvalue weighted by Crippen LogP contribution is -1.91. The highest BCUT2D eigenvalue weighted by molar-refractivity contribution is 6.33. The van der Waals surface area contributed by atoms with Gasteiger partial charge in [-0.3, -0.25) is 0 Å². The van der Waals surface area contributed by atoms with E-state index < -0.39 is 0 Å². The Kier molecular flexibility index (Phi) is 2.37. The number of fused-ring (bicyclic) bond motifs is 2. The van der Waals surface area contributed by atoms with E-state index in [9.17, 15) is 0 Å². The van der Waals surface area contributed by atoms with Crippen molar-refractivity contribution in [3.63, 3.8) is 0 Å². The van der Waals surface area contributed by atoms with Gasteiger partial charge in [-0.05, 0) is 80.6 Å². The highest BCUT2D eigenvalue weighted by atomic mass is 14.2. The minimum Gasteiger partial charge on any atom is -0.0610 e. The molecule has 0 radical (unpaired) electrons. The average Bonchev–Trinajstić information content (AvgIpc) is 2.56. The molecule has 0 saturated heterocycles. The van der Waals surface area contributed by atoms with Gasteiger partial charge in [-0.25, -0.2) is 0 Å². The minimum atomic E-state index is 1.35. The monoisotopic (exact) mass is 294 g/mol. The van der Waals surface area contributed by atoms with Crippen LogP contribution < -0.4 is 0 Å². The molecule has 0 fully saturated rings. The SMILES string of the molecule is Cc1ccc2c3ccc(C)c4c(C)ccc(c5cccc1c52)c43. The van der Waals surface area contributed by atoms with Crippen LogP contribution in [-0.4, -0.2) is 0 Å². The molecule has 0 unspecified atom stereocenters. The van der Waals surface area contributed by atoms with Crippen LogP contribution in [-0.2, 0) is 0 Å². The second kappa shape index (κ2) is 4.23. The van der Waals surface area contributed by atoms with E-state index in [1.807, 2.05) is 0 Å². The summed E-state index contributed by atoms with van der Waals surface area (Å²) in [7, 11) is 0. The Morgan fingerprint density at radius 3 is 1.52 bits per heavy atom. The Bertz CT molecular complexity index is 1170. The Morgan fingerprint density at radius 1 is 0.391 bits per heavy atom. The average molecular weight is 294 g/mol. The van der Waals surface area contributed by atoms with Crippen molar-refractivity contribution in [3.05, 3.63) is 71.3 Å². The first-order valence-electron chi connectivity index (χ1n) is 8.23. The number of aryl methyl sites for hydroxylation is 3. The van der Waals surface area contributed by atoms with Crippen LogP contribution in [0.15, 0.2) is 54.6 Å². The van der Waals surface area contributed by atoms with Crippen LogP contribution in [0, 0.1) is 20.8 Å². The lowest BCUT2D eigenvalue weighted by Gasteiger charge is -2.17. The van der Waals surface area contributed by atoms with Gasteiger partial charge in [0.15, 0.2) is 0 Å². The lowest BCUT2D eigenvalue weighted by molar-refractivity contribution is 1.48. The van der Waals surface area contributed by atoms with Crippen molar-refractivity contribution < 1.29 is 0 Å². The van der Waals surface area contributed by atoms with Gasteiger partial charge in [0.1, 0.15) is 0 Å². The Morgan fingerprint density at radius 2 is 0.870 bits per heavy atom. The van der Waals surface area contributed by atoms with Crippen LogP contribution >= 0.6 is 0 Å². The van der Waals surface area contributed by atoms with Crippen LogP contribution in [0.5, 0.6) is 0 Å². The van der Waals surface area contributed by atoms with E-state index in [-0.39, 0.29) is 0 Å². The Labute approximate surface area is 135 Å². The summed E-state index contributed by atoms with van der Waals surface area (Å²) in [6.07, 6.45) is 0. The van der Waals surface area contributed by atoms with Crippen molar-refractivity contribution in [2.75, 3.05) is 0 Å². The fourth-order valence-corrected chi connectivity index (χ4v) is 4.32. The quantitative estimate of drug-likeness (QED) is 0.221. The second-order valence-electron chi connectivity index (χ2n) is 6.77. The van der Waals surface area contributed by atoms with Gasteiger partial charge in [0, 0.05) is 0 Å². The van der Waals surface area contributed by atoms with E-state index in [2.05, 4.69) is 75.4 Å². The first kappa shape index (κ1) is 12.9. The maximum absolute atomic E-state index is 2.31. The van der Waals surface area contributed by atoms with Gasteiger partial charge >= 0.3 is 0 Å². The molecule has 0 heterocycles. The zero-order valence-corrected chi connectivity index (χ0v) is 13.7. The molecular weight excluding hydrogens is 276 g/mol. The van der Waals surface area contributed by atoms with Crippen molar-refractivity contribution in [1.82, 2.24) is 0 Å². The molecule has 0 atom stereocenters. The van der Waals surface area contributed by atoms with Crippen molar-refractivity contribution >= 4 is 43.1 Å². The number of rotatable bonds is 0. The highest BCUT2D eigenvalue weighted by Gasteiger charge is 2.15. The summed E-state index contributed by atoms with van der Waals surface area (Å²) in [5.41, 5.74) is 4.08. The molecule has 0 saturated carbocycles. The molecule has 0 amide bonds. The van der Waals surface area contributed by atoms with Gasteiger partial charge in [-0.1, -0.05) is 54.6 Å². The van der Waals surface area contributed by atoms with Gasteiger partial charge in [-0.2, -0.15) is 0 Å². The molecule has 5 aromatic rings. The van der Waals surface area contributed by atoms with Crippen LogP contribution in [0.2, 0.25) is 0 Å². The van der Waals surface area contributed by atoms with Gasteiger partial charge in [0.25, 0.3) is 0 Å². The molecule has 0 N–H and O–H groups in total. The normalized spacial score (nSPS) is 12.1. The van der Waals surface area contributed by atoms with Crippen molar-refractivity contribution in [3.8, 4) is 0 Å². The van der Waals surface area contributed by atoms with E-state index in [4.69, 9.17) is 0 Å².